The fourth-order valence-electron chi connectivity index (χ4n) is 5.38. The quantitative estimate of drug-likeness (QED) is 0.205. The average Bonchev–Trinajstić information content (AvgIpc) is 2.95. The summed E-state index contributed by atoms with van der Waals surface area (Å²) in [6.45, 7) is 7.67. The monoisotopic (exact) mass is 579 g/mol. The van der Waals surface area contributed by atoms with Gasteiger partial charge in [-0.25, -0.2) is 4.79 Å². The van der Waals surface area contributed by atoms with Gasteiger partial charge in [0.05, 0.1) is 19.3 Å². The molecule has 41 heavy (non-hydrogen) atoms. The summed E-state index contributed by atoms with van der Waals surface area (Å²) in [5, 5.41) is 3.39. The number of ketones is 1. The fourth-order valence-corrected chi connectivity index (χ4v) is 5.87. The number of rotatable bonds is 11. The van der Waals surface area contributed by atoms with E-state index < -0.39 is 17.9 Å². The van der Waals surface area contributed by atoms with E-state index in [2.05, 4.69) is 12.2 Å². The van der Waals surface area contributed by atoms with Gasteiger partial charge in [-0.1, -0.05) is 25.1 Å². The Morgan fingerprint density at radius 1 is 1.02 bits per heavy atom. The van der Waals surface area contributed by atoms with Crippen LogP contribution in [0.4, 0.5) is 0 Å². The molecule has 1 heterocycles. The molecular weight excluding hydrogens is 542 g/mol. The molecule has 1 N–H and O–H groups in total. The van der Waals surface area contributed by atoms with Gasteiger partial charge in [0.15, 0.2) is 17.3 Å². The molecule has 2 aromatic carbocycles. The number of methoxy groups -OCH3 is 1. The number of dihydropyridines is 1. The lowest BCUT2D eigenvalue weighted by molar-refractivity contribution is -0.138. The molecule has 8 nitrogen and oxygen atoms in total. The van der Waals surface area contributed by atoms with Gasteiger partial charge in [-0.3, -0.25) is 9.59 Å². The molecule has 0 amide bonds. The number of hydrogen-bond donors (Lipinski definition) is 1. The molecule has 2 aromatic rings. The van der Waals surface area contributed by atoms with E-state index in [-0.39, 0.29) is 24.1 Å². The number of hydrogen-bond acceptors (Lipinski definition) is 9. The number of carbonyl (C=O) groups is 3. The molecule has 0 radical (unpaired) electrons. The summed E-state index contributed by atoms with van der Waals surface area (Å²) >= 11 is 1.69. The lowest BCUT2D eigenvalue weighted by Crippen LogP contribution is -2.36. The van der Waals surface area contributed by atoms with Crippen molar-refractivity contribution >= 4 is 29.5 Å². The predicted molar refractivity (Wildman–Crippen MR) is 158 cm³/mol. The van der Waals surface area contributed by atoms with Crippen LogP contribution in [0.2, 0.25) is 0 Å². The SMILES string of the molecule is CCOc1cc([C@H]2C(C(=O)OCCSCC)=C(C)NC3=C2C(=O)C[C@H](c2ccc(OC)cc2)C3)ccc1OC(C)=O. The predicted octanol–water partition coefficient (Wildman–Crippen LogP) is 5.68. The Morgan fingerprint density at radius 2 is 1.76 bits per heavy atom. The standard InChI is InChI=1S/C32H37NO7S/c1-6-38-28-18-22(10-13-27(28)40-20(4)34)30-29(32(36)39-14-15-41-7-2)19(3)33-25-16-23(17-26(35)31(25)30)21-8-11-24(37-5)12-9-21/h8-13,18,23,30,33H,6-7,14-17H2,1-5H3/t23-,30+/m1/s1. The van der Waals surface area contributed by atoms with Crippen LogP contribution in [0.5, 0.6) is 17.2 Å². The summed E-state index contributed by atoms with van der Waals surface area (Å²) < 4.78 is 22.1. The van der Waals surface area contributed by atoms with Gasteiger partial charge < -0.3 is 24.3 Å². The Labute approximate surface area is 245 Å². The van der Waals surface area contributed by atoms with Crippen molar-refractivity contribution in [2.45, 2.75) is 52.4 Å². The number of esters is 2. The molecule has 0 saturated heterocycles. The lowest BCUT2D eigenvalue weighted by atomic mass is 9.71. The molecule has 2 atom stereocenters. The van der Waals surface area contributed by atoms with Crippen LogP contribution in [0, 0.1) is 0 Å². The third-order valence-corrected chi connectivity index (χ3v) is 8.02. The second kappa shape index (κ2) is 13.8. The highest BCUT2D eigenvalue weighted by Crippen LogP contribution is 2.47. The normalized spacial score (nSPS) is 18.4. The molecular formula is C32H37NO7S. The smallest absolute Gasteiger partial charge is 0.336 e. The first-order chi connectivity index (χ1) is 19.8. The number of benzene rings is 2. The molecule has 0 spiro atoms. The Kier molecular flexibility index (Phi) is 10.2. The van der Waals surface area contributed by atoms with Crippen LogP contribution in [0.15, 0.2) is 65.0 Å². The molecule has 0 aromatic heterocycles. The Morgan fingerprint density at radius 3 is 2.41 bits per heavy atom. The summed E-state index contributed by atoms with van der Waals surface area (Å²) in [4.78, 5) is 39.1. The van der Waals surface area contributed by atoms with Gasteiger partial charge in [-0.15, -0.1) is 0 Å². The van der Waals surface area contributed by atoms with Crippen molar-refractivity contribution in [2.24, 2.45) is 0 Å². The number of ether oxygens (including phenoxy) is 4. The molecule has 2 aliphatic rings. The van der Waals surface area contributed by atoms with Gasteiger partial charge in [-0.05, 0) is 67.3 Å². The maximum atomic E-state index is 13.9. The summed E-state index contributed by atoms with van der Waals surface area (Å²) in [5.41, 5.74) is 4.12. The van der Waals surface area contributed by atoms with Crippen LogP contribution in [0.3, 0.4) is 0 Å². The molecule has 0 bridgehead atoms. The zero-order valence-corrected chi connectivity index (χ0v) is 25.0. The van der Waals surface area contributed by atoms with Gasteiger partial charge in [-0.2, -0.15) is 11.8 Å². The van der Waals surface area contributed by atoms with Crippen molar-refractivity contribution < 1.29 is 33.3 Å². The van der Waals surface area contributed by atoms with Crippen LogP contribution < -0.4 is 19.5 Å². The second-order valence-corrected chi connectivity index (χ2v) is 11.2. The molecule has 0 saturated carbocycles. The highest BCUT2D eigenvalue weighted by molar-refractivity contribution is 7.99. The Bertz CT molecular complexity index is 1360. The molecule has 4 rings (SSSR count). The largest absolute Gasteiger partial charge is 0.497 e. The van der Waals surface area contributed by atoms with Crippen molar-refractivity contribution in [1.29, 1.82) is 0 Å². The highest BCUT2D eigenvalue weighted by Gasteiger charge is 2.41. The first-order valence-electron chi connectivity index (χ1n) is 13.8. The van der Waals surface area contributed by atoms with E-state index in [0.717, 1.165) is 22.8 Å². The first-order valence-corrected chi connectivity index (χ1v) is 15.0. The topological polar surface area (TPSA) is 100 Å². The van der Waals surface area contributed by atoms with Crippen molar-refractivity contribution in [3.8, 4) is 17.2 Å². The van der Waals surface area contributed by atoms with Crippen molar-refractivity contribution in [2.75, 3.05) is 31.8 Å². The number of thioether (sulfide) groups is 1. The van der Waals surface area contributed by atoms with E-state index in [1.54, 1.807) is 37.1 Å². The molecule has 218 valence electrons. The maximum Gasteiger partial charge on any atom is 0.336 e. The zero-order chi connectivity index (χ0) is 29.5. The Balaban J connectivity index is 1.76. The Hall–Kier alpha value is -3.72. The maximum absolute atomic E-state index is 13.9. The summed E-state index contributed by atoms with van der Waals surface area (Å²) in [6, 6.07) is 13.0. The van der Waals surface area contributed by atoms with Crippen LogP contribution in [0.1, 0.15) is 63.5 Å². The van der Waals surface area contributed by atoms with Crippen molar-refractivity contribution in [1.82, 2.24) is 5.32 Å². The van der Waals surface area contributed by atoms with Gasteiger partial charge in [0.1, 0.15) is 12.4 Å². The molecule has 0 unspecified atom stereocenters. The highest BCUT2D eigenvalue weighted by atomic mass is 32.2. The van der Waals surface area contributed by atoms with E-state index >= 15 is 0 Å². The second-order valence-electron chi connectivity index (χ2n) is 9.86. The summed E-state index contributed by atoms with van der Waals surface area (Å²) in [6.07, 6.45) is 0.919. The van der Waals surface area contributed by atoms with Gasteiger partial charge in [0, 0.05) is 42.0 Å². The van der Waals surface area contributed by atoms with Crippen LogP contribution in [-0.2, 0) is 19.1 Å². The minimum absolute atomic E-state index is 0.0157. The zero-order valence-electron chi connectivity index (χ0n) is 24.2. The fraction of sp³-hybridized carbons (Fsp3) is 0.406. The van der Waals surface area contributed by atoms with Gasteiger partial charge in [0.2, 0.25) is 0 Å². The third-order valence-electron chi connectivity index (χ3n) is 7.15. The van der Waals surface area contributed by atoms with Gasteiger partial charge >= 0.3 is 11.9 Å². The van der Waals surface area contributed by atoms with E-state index in [9.17, 15) is 14.4 Å². The first kappa shape index (κ1) is 30.2. The van der Waals surface area contributed by atoms with Gasteiger partial charge in [0.25, 0.3) is 0 Å². The van der Waals surface area contributed by atoms with Crippen LogP contribution >= 0.6 is 11.8 Å². The summed E-state index contributed by atoms with van der Waals surface area (Å²) in [5.74, 6) is 1.38. The van der Waals surface area contributed by atoms with E-state index in [0.29, 0.717) is 53.4 Å². The van der Waals surface area contributed by atoms with Crippen LogP contribution in [-0.4, -0.2) is 49.6 Å². The number of Topliss-reactive ketones (excluding diaryl/α,β-unsaturated/α-hetero) is 1. The van der Waals surface area contributed by atoms with E-state index in [4.69, 9.17) is 18.9 Å². The average molecular weight is 580 g/mol. The van der Waals surface area contributed by atoms with E-state index in [1.807, 2.05) is 38.1 Å². The summed E-state index contributed by atoms with van der Waals surface area (Å²) in [7, 11) is 1.62. The molecule has 1 aliphatic heterocycles. The lowest BCUT2D eigenvalue weighted by Gasteiger charge is -2.37. The number of nitrogens with one attached hydrogen (secondary N) is 1. The molecule has 0 fully saturated rings. The minimum Gasteiger partial charge on any atom is -0.497 e. The molecule has 1 aliphatic carbocycles. The van der Waals surface area contributed by atoms with Crippen molar-refractivity contribution in [3.63, 3.8) is 0 Å². The number of allylic oxidation sites excluding steroid dienone is 3. The van der Waals surface area contributed by atoms with Crippen LogP contribution in [0.25, 0.3) is 0 Å². The molecule has 9 heteroatoms. The third kappa shape index (κ3) is 6.96. The number of carbonyl (C=O) groups excluding carboxylic acids is 3. The van der Waals surface area contributed by atoms with Crippen molar-refractivity contribution in [3.05, 3.63) is 76.1 Å². The minimum atomic E-state index is -0.660. The van der Waals surface area contributed by atoms with E-state index in [1.165, 1.54) is 6.92 Å².